The summed E-state index contributed by atoms with van der Waals surface area (Å²) in [5.41, 5.74) is 0.900. The molecule has 0 saturated heterocycles. The molecule has 1 aromatic rings. The monoisotopic (exact) mass is 328 g/mol. The minimum Gasteiger partial charge on any atom is -1.00 e. The summed E-state index contributed by atoms with van der Waals surface area (Å²) in [7, 11) is 1.57. The van der Waals surface area contributed by atoms with Gasteiger partial charge in [-0.25, -0.2) is 0 Å². The number of aliphatic hydroxyl groups excluding tert-OH is 1. The minimum atomic E-state index is 0. The van der Waals surface area contributed by atoms with Crippen LogP contribution in [0.15, 0.2) is 12.1 Å². The Kier molecular flexibility index (Phi) is 10.4. The van der Waals surface area contributed by atoms with Gasteiger partial charge in [-0.15, -0.1) is 0 Å². The van der Waals surface area contributed by atoms with Crippen LogP contribution in [-0.2, 0) is 11.3 Å². The molecule has 1 aromatic carbocycles. The molecule has 19 heavy (non-hydrogen) atoms. The summed E-state index contributed by atoms with van der Waals surface area (Å²) in [5.74, 6) is 0.629. The quantitative estimate of drug-likeness (QED) is 0.607. The van der Waals surface area contributed by atoms with Gasteiger partial charge >= 0.3 is 0 Å². The van der Waals surface area contributed by atoms with Gasteiger partial charge in [0.2, 0.25) is 0 Å². The van der Waals surface area contributed by atoms with E-state index in [0.717, 1.165) is 5.56 Å². The van der Waals surface area contributed by atoms with Crippen molar-refractivity contribution in [3.05, 3.63) is 27.7 Å². The summed E-state index contributed by atoms with van der Waals surface area (Å²) in [6.45, 7) is 2.20. The minimum absolute atomic E-state index is 0. The van der Waals surface area contributed by atoms with Gasteiger partial charge in [0, 0.05) is 23.7 Å². The van der Waals surface area contributed by atoms with Crippen LogP contribution in [0.25, 0.3) is 0 Å². The lowest BCUT2D eigenvalue weighted by Gasteiger charge is -2.12. The Morgan fingerprint density at radius 3 is 2.63 bits per heavy atom. The molecule has 7 heteroatoms. The molecule has 1 rings (SSSR count). The molecule has 0 saturated carbocycles. The summed E-state index contributed by atoms with van der Waals surface area (Å²) in [4.78, 5) is 0. The molecule has 0 atom stereocenters. The summed E-state index contributed by atoms with van der Waals surface area (Å²) in [5, 5.41) is 12.8. The Bertz CT molecular complexity index is 377. The Morgan fingerprint density at radius 1 is 1.26 bits per heavy atom. The zero-order valence-corrected chi connectivity index (χ0v) is 12.9. The third kappa shape index (κ3) is 6.65. The standard InChI is InChI=1S/C12H17Cl2NO3.ClH/c1-17-12-9(6-10(13)7-11(12)14)8-15-2-4-18-5-3-16;/h6-7,15-16H,2-5,8H2,1H3;1H/p-1. The van der Waals surface area contributed by atoms with Crippen molar-refractivity contribution in [2.24, 2.45) is 0 Å². The molecule has 0 aliphatic rings. The van der Waals surface area contributed by atoms with Gasteiger partial charge in [-0.3, -0.25) is 0 Å². The van der Waals surface area contributed by atoms with Crippen LogP contribution in [0.4, 0.5) is 0 Å². The second-order valence-electron chi connectivity index (χ2n) is 3.59. The largest absolute Gasteiger partial charge is 1.00 e. The highest BCUT2D eigenvalue weighted by atomic mass is 35.5. The van der Waals surface area contributed by atoms with Gasteiger partial charge in [0.1, 0.15) is 5.75 Å². The van der Waals surface area contributed by atoms with E-state index in [1.54, 1.807) is 13.2 Å². The molecule has 0 unspecified atom stereocenters. The van der Waals surface area contributed by atoms with Crippen LogP contribution in [-0.4, -0.2) is 38.6 Å². The fourth-order valence-corrected chi connectivity index (χ4v) is 2.12. The number of nitrogens with one attached hydrogen (secondary N) is 1. The maximum absolute atomic E-state index is 8.54. The number of aliphatic hydroxyl groups is 1. The van der Waals surface area contributed by atoms with Crippen LogP contribution in [0.3, 0.4) is 0 Å². The molecule has 0 fully saturated rings. The van der Waals surface area contributed by atoms with Crippen LogP contribution < -0.4 is 22.5 Å². The lowest BCUT2D eigenvalue weighted by Crippen LogP contribution is -3.00. The topological polar surface area (TPSA) is 50.7 Å². The summed E-state index contributed by atoms with van der Waals surface area (Å²) in [6, 6.07) is 3.46. The molecular formula is C12H17Cl3NO3-. The number of ether oxygens (including phenoxy) is 2. The third-order valence-corrected chi connectivity index (χ3v) is 2.76. The van der Waals surface area contributed by atoms with Crippen LogP contribution in [0.1, 0.15) is 5.56 Å². The highest BCUT2D eigenvalue weighted by Gasteiger charge is 2.09. The number of hydrogen-bond donors (Lipinski definition) is 2. The van der Waals surface area contributed by atoms with E-state index < -0.39 is 0 Å². The maximum atomic E-state index is 8.54. The third-order valence-electron chi connectivity index (χ3n) is 2.26. The van der Waals surface area contributed by atoms with Crippen molar-refractivity contribution in [2.75, 3.05) is 33.5 Å². The molecule has 0 heterocycles. The molecular weight excluding hydrogens is 312 g/mol. The van der Waals surface area contributed by atoms with Gasteiger partial charge in [-0.2, -0.15) is 0 Å². The van der Waals surface area contributed by atoms with E-state index in [1.165, 1.54) is 0 Å². The van der Waals surface area contributed by atoms with E-state index in [9.17, 15) is 0 Å². The summed E-state index contributed by atoms with van der Waals surface area (Å²) >= 11 is 12.0. The highest BCUT2D eigenvalue weighted by molar-refractivity contribution is 6.35. The zero-order chi connectivity index (χ0) is 13.4. The lowest BCUT2D eigenvalue weighted by molar-refractivity contribution is -0.00000502. The fraction of sp³-hybridized carbons (Fsp3) is 0.500. The molecule has 0 radical (unpaired) electrons. The Hall–Kier alpha value is -0.230. The van der Waals surface area contributed by atoms with E-state index in [2.05, 4.69) is 5.32 Å². The average Bonchev–Trinajstić information content (AvgIpc) is 2.33. The first-order valence-electron chi connectivity index (χ1n) is 5.60. The van der Waals surface area contributed by atoms with Crippen molar-refractivity contribution >= 4 is 23.2 Å². The van der Waals surface area contributed by atoms with Crippen molar-refractivity contribution < 1.29 is 27.0 Å². The zero-order valence-electron chi connectivity index (χ0n) is 10.6. The average molecular weight is 330 g/mol. The summed E-state index contributed by atoms with van der Waals surface area (Å²) in [6.07, 6.45) is 0. The van der Waals surface area contributed by atoms with Crippen LogP contribution in [0.5, 0.6) is 5.75 Å². The number of methoxy groups -OCH3 is 1. The number of benzene rings is 1. The van der Waals surface area contributed by atoms with E-state index in [0.29, 0.717) is 42.1 Å². The second kappa shape index (κ2) is 10.5. The predicted octanol–water partition coefficient (Wildman–Crippen LogP) is -0.895. The number of rotatable bonds is 8. The Labute approximate surface area is 129 Å². The molecule has 0 aromatic heterocycles. The van der Waals surface area contributed by atoms with Gasteiger partial charge in [-0.1, -0.05) is 23.2 Å². The molecule has 0 bridgehead atoms. The van der Waals surface area contributed by atoms with Gasteiger partial charge in [-0.05, 0) is 12.1 Å². The summed E-state index contributed by atoms with van der Waals surface area (Å²) < 4.78 is 10.4. The van der Waals surface area contributed by atoms with Crippen LogP contribution >= 0.6 is 23.2 Å². The van der Waals surface area contributed by atoms with Crippen molar-refractivity contribution in [3.8, 4) is 5.75 Å². The van der Waals surface area contributed by atoms with E-state index in [1.807, 2.05) is 6.07 Å². The molecule has 4 nitrogen and oxygen atoms in total. The molecule has 0 amide bonds. The van der Waals surface area contributed by atoms with Crippen molar-refractivity contribution in [2.45, 2.75) is 6.54 Å². The Morgan fingerprint density at radius 2 is 2.00 bits per heavy atom. The van der Waals surface area contributed by atoms with Crippen LogP contribution in [0, 0.1) is 0 Å². The van der Waals surface area contributed by atoms with Crippen molar-refractivity contribution in [1.29, 1.82) is 0 Å². The first-order chi connectivity index (χ1) is 8.69. The first kappa shape index (κ1) is 18.8. The van der Waals surface area contributed by atoms with E-state index in [4.69, 9.17) is 37.8 Å². The smallest absolute Gasteiger partial charge is 0.142 e. The van der Waals surface area contributed by atoms with Gasteiger partial charge in [0.05, 0.1) is 32.0 Å². The number of halogens is 3. The van der Waals surface area contributed by atoms with Crippen molar-refractivity contribution in [3.63, 3.8) is 0 Å². The second-order valence-corrected chi connectivity index (χ2v) is 4.44. The maximum Gasteiger partial charge on any atom is 0.142 e. The number of hydrogen-bond acceptors (Lipinski definition) is 4. The Balaban J connectivity index is 0.00000324. The molecule has 0 spiro atoms. The van der Waals surface area contributed by atoms with E-state index in [-0.39, 0.29) is 19.0 Å². The normalized spacial score (nSPS) is 10.1. The molecule has 2 N–H and O–H groups in total. The molecule has 0 aliphatic heterocycles. The van der Waals surface area contributed by atoms with Crippen molar-refractivity contribution in [1.82, 2.24) is 5.32 Å². The molecule has 110 valence electrons. The van der Waals surface area contributed by atoms with E-state index >= 15 is 0 Å². The van der Waals surface area contributed by atoms with Gasteiger partial charge in [0.15, 0.2) is 0 Å². The van der Waals surface area contributed by atoms with Gasteiger partial charge in [0.25, 0.3) is 0 Å². The predicted molar refractivity (Wildman–Crippen MR) is 72.6 cm³/mol. The highest BCUT2D eigenvalue weighted by Crippen LogP contribution is 2.31. The first-order valence-corrected chi connectivity index (χ1v) is 6.36. The lowest BCUT2D eigenvalue weighted by atomic mass is 10.2. The molecule has 0 aliphatic carbocycles. The van der Waals surface area contributed by atoms with Crippen LogP contribution in [0.2, 0.25) is 10.0 Å². The van der Waals surface area contributed by atoms with Gasteiger partial charge < -0.3 is 32.3 Å². The SMILES string of the molecule is COc1c(Cl)cc(Cl)cc1CNCCOCCO.[Cl-]. The fourth-order valence-electron chi connectivity index (χ4n) is 1.51.